The first kappa shape index (κ1) is 17.6. The van der Waals surface area contributed by atoms with Crippen molar-refractivity contribution in [1.29, 1.82) is 0 Å². The van der Waals surface area contributed by atoms with Crippen molar-refractivity contribution >= 4 is 5.82 Å². The molecule has 0 radical (unpaired) electrons. The average molecular weight is 364 g/mol. The van der Waals surface area contributed by atoms with E-state index >= 15 is 0 Å². The molecule has 0 spiro atoms. The smallest absolute Gasteiger partial charge is 0.259 e. The minimum Gasteiger partial charge on any atom is -0.354 e. The molecule has 0 amide bonds. The lowest BCUT2D eigenvalue weighted by molar-refractivity contribution is 0.246. The van der Waals surface area contributed by atoms with Crippen LogP contribution in [0.2, 0.25) is 0 Å². The van der Waals surface area contributed by atoms with Gasteiger partial charge in [0.25, 0.3) is 5.89 Å². The summed E-state index contributed by atoms with van der Waals surface area (Å²) in [4.78, 5) is 18.2. The molecule has 0 aromatic carbocycles. The van der Waals surface area contributed by atoms with Crippen molar-refractivity contribution in [3.05, 3.63) is 53.7 Å². The van der Waals surface area contributed by atoms with Crippen LogP contribution in [0.25, 0.3) is 11.5 Å². The highest BCUT2D eigenvalue weighted by molar-refractivity contribution is 5.54. The number of pyridine rings is 2. The Labute approximate surface area is 159 Å². The van der Waals surface area contributed by atoms with E-state index in [0.717, 1.165) is 56.2 Å². The fraction of sp³-hybridized carbons (Fsp3) is 0.400. The molecule has 27 heavy (non-hydrogen) atoms. The summed E-state index contributed by atoms with van der Waals surface area (Å²) in [6.07, 6.45) is 4.82. The van der Waals surface area contributed by atoms with Crippen LogP contribution >= 0.6 is 0 Å². The van der Waals surface area contributed by atoms with E-state index in [4.69, 9.17) is 4.52 Å². The SMILES string of the molecule is CCc1ccc(CN2CCN(c3ccc(-c4nc(C)no4)cn3)CC2)nc1. The molecule has 0 saturated carbocycles. The summed E-state index contributed by atoms with van der Waals surface area (Å²) in [6.45, 7) is 8.79. The van der Waals surface area contributed by atoms with Gasteiger partial charge in [-0.1, -0.05) is 18.1 Å². The van der Waals surface area contributed by atoms with Gasteiger partial charge in [0.05, 0.1) is 11.3 Å². The third-order valence-electron chi connectivity index (χ3n) is 4.90. The third kappa shape index (κ3) is 4.14. The largest absolute Gasteiger partial charge is 0.354 e. The number of aryl methyl sites for hydroxylation is 2. The zero-order valence-corrected chi connectivity index (χ0v) is 15.8. The first-order valence-corrected chi connectivity index (χ1v) is 9.39. The van der Waals surface area contributed by atoms with Crippen LogP contribution < -0.4 is 4.90 Å². The monoisotopic (exact) mass is 364 g/mol. The van der Waals surface area contributed by atoms with E-state index in [1.54, 1.807) is 6.20 Å². The van der Waals surface area contributed by atoms with E-state index in [1.165, 1.54) is 5.56 Å². The van der Waals surface area contributed by atoms with Gasteiger partial charge in [0.1, 0.15) is 5.82 Å². The van der Waals surface area contributed by atoms with E-state index < -0.39 is 0 Å². The molecule has 0 N–H and O–H groups in total. The van der Waals surface area contributed by atoms with Crippen molar-refractivity contribution in [2.24, 2.45) is 0 Å². The molecule has 4 heterocycles. The molecule has 1 aliphatic rings. The second kappa shape index (κ2) is 7.84. The van der Waals surface area contributed by atoms with Gasteiger partial charge in [0.2, 0.25) is 0 Å². The van der Waals surface area contributed by atoms with Gasteiger partial charge in [0, 0.05) is 45.1 Å². The first-order valence-electron chi connectivity index (χ1n) is 9.39. The summed E-state index contributed by atoms with van der Waals surface area (Å²) in [5.74, 6) is 2.13. The Morgan fingerprint density at radius 3 is 2.44 bits per heavy atom. The molecule has 0 atom stereocenters. The fourth-order valence-electron chi connectivity index (χ4n) is 3.24. The maximum atomic E-state index is 5.19. The minimum atomic E-state index is 0.512. The van der Waals surface area contributed by atoms with E-state index in [9.17, 15) is 0 Å². The maximum absolute atomic E-state index is 5.19. The predicted octanol–water partition coefficient (Wildman–Crippen LogP) is 2.72. The van der Waals surface area contributed by atoms with Crippen LogP contribution in [0, 0.1) is 6.92 Å². The summed E-state index contributed by atoms with van der Waals surface area (Å²) in [5.41, 5.74) is 3.27. The Bertz CT molecular complexity index is 866. The maximum Gasteiger partial charge on any atom is 0.259 e. The zero-order valence-electron chi connectivity index (χ0n) is 15.8. The van der Waals surface area contributed by atoms with Crippen molar-refractivity contribution < 1.29 is 4.52 Å². The molecule has 140 valence electrons. The molecule has 0 aliphatic carbocycles. The van der Waals surface area contributed by atoms with Gasteiger partial charge in [-0.25, -0.2) is 4.98 Å². The minimum absolute atomic E-state index is 0.512. The van der Waals surface area contributed by atoms with Crippen molar-refractivity contribution in [3.63, 3.8) is 0 Å². The molecular weight excluding hydrogens is 340 g/mol. The van der Waals surface area contributed by atoms with Gasteiger partial charge in [-0.05, 0) is 37.1 Å². The molecule has 4 rings (SSSR count). The highest BCUT2D eigenvalue weighted by Gasteiger charge is 2.19. The molecule has 7 heteroatoms. The zero-order chi connectivity index (χ0) is 18.6. The number of anilines is 1. The first-order chi connectivity index (χ1) is 13.2. The number of piperazine rings is 1. The van der Waals surface area contributed by atoms with Gasteiger partial charge >= 0.3 is 0 Å². The molecule has 0 bridgehead atoms. The summed E-state index contributed by atoms with van der Waals surface area (Å²) in [6, 6.07) is 8.33. The molecule has 1 fully saturated rings. The second-order valence-electron chi connectivity index (χ2n) is 6.83. The highest BCUT2D eigenvalue weighted by atomic mass is 16.5. The molecule has 0 unspecified atom stereocenters. The Morgan fingerprint density at radius 1 is 1.00 bits per heavy atom. The van der Waals surface area contributed by atoms with E-state index in [1.807, 2.05) is 25.3 Å². The normalized spacial score (nSPS) is 15.3. The lowest BCUT2D eigenvalue weighted by Crippen LogP contribution is -2.46. The molecule has 3 aromatic heterocycles. The number of hydrogen-bond acceptors (Lipinski definition) is 7. The average Bonchev–Trinajstić information content (AvgIpc) is 3.16. The Balaban J connectivity index is 1.33. The lowest BCUT2D eigenvalue weighted by atomic mass is 10.2. The summed E-state index contributed by atoms with van der Waals surface area (Å²) in [5, 5.41) is 3.82. The van der Waals surface area contributed by atoms with E-state index in [-0.39, 0.29) is 0 Å². The molecule has 3 aromatic rings. The topological polar surface area (TPSA) is 71.2 Å². The van der Waals surface area contributed by atoms with Crippen LogP contribution in [0.3, 0.4) is 0 Å². The molecular formula is C20H24N6O. The Kier molecular flexibility index (Phi) is 5.11. The van der Waals surface area contributed by atoms with Crippen LogP contribution in [0.5, 0.6) is 0 Å². The van der Waals surface area contributed by atoms with Crippen molar-refractivity contribution in [2.75, 3.05) is 31.1 Å². The van der Waals surface area contributed by atoms with Gasteiger partial charge in [0.15, 0.2) is 5.82 Å². The Morgan fingerprint density at radius 2 is 1.85 bits per heavy atom. The summed E-state index contributed by atoms with van der Waals surface area (Å²) in [7, 11) is 0. The van der Waals surface area contributed by atoms with Crippen molar-refractivity contribution in [1.82, 2.24) is 25.0 Å². The number of hydrogen-bond donors (Lipinski definition) is 0. The molecule has 1 saturated heterocycles. The van der Waals surface area contributed by atoms with Crippen LogP contribution in [0.15, 0.2) is 41.2 Å². The van der Waals surface area contributed by atoms with Gasteiger partial charge < -0.3 is 9.42 Å². The quantitative estimate of drug-likeness (QED) is 0.689. The van der Waals surface area contributed by atoms with Crippen molar-refractivity contribution in [3.8, 4) is 11.5 Å². The fourth-order valence-corrected chi connectivity index (χ4v) is 3.24. The summed E-state index contributed by atoms with van der Waals surface area (Å²) < 4.78 is 5.19. The van der Waals surface area contributed by atoms with Gasteiger partial charge in [-0.3, -0.25) is 9.88 Å². The van der Waals surface area contributed by atoms with Crippen LogP contribution in [0.1, 0.15) is 24.0 Å². The van der Waals surface area contributed by atoms with Crippen LogP contribution in [-0.4, -0.2) is 51.2 Å². The van der Waals surface area contributed by atoms with Gasteiger partial charge in [-0.15, -0.1) is 0 Å². The third-order valence-corrected chi connectivity index (χ3v) is 4.90. The summed E-state index contributed by atoms with van der Waals surface area (Å²) >= 11 is 0. The number of aromatic nitrogens is 4. The highest BCUT2D eigenvalue weighted by Crippen LogP contribution is 2.20. The lowest BCUT2D eigenvalue weighted by Gasteiger charge is -2.35. The Hall–Kier alpha value is -2.80. The number of nitrogens with zero attached hydrogens (tertiary/aromatic N) is 6. The molecule has 7 nitrogen and oxygen atoms in total. The van der Waals surface area contributed by atoms with E-state index in [2.05, 4.69) is 49.0 Å². The van der Waals surface area contributed by atoms with Crippen molar-refractivity contribution in [2.45, 2.75) is 26.8 Å². The van der Waals surface area contributed by atoms with Crippen LogP contribution in [-0.2, 0) is 13.0 Å². The standard InChI is InChI=1S/C20H24N6O/c1-3-16-4-6-18(21-12-16)14-25-8-10-26(11-9-25)19-7-5-17(13-22-19)20-23-15(2)24-27-20/h4-7,12-13H,3,8-11,14H2,1-2H3. The van der Waals surface area contributed by atoms with E-state index in [0.29, 0.717) is 11.7 Å². The molecule has 1 aliphatic heterocycles. The second-order valence-corrected chi connectivity index (χ2v) is 6.83. The van der Waals surface area contributed by atoms with Crippen LogP contribution in [0.4, 0.5) is 5.82 Å². The number of rotatable bonds is 5. The predicted molar refractivity (Wildman–Crippen MR) is 103 cm³/mol. The van der Waals surface area contributed by atoms with Gasteiger partial charge in [-0.2, -0.15) is 4.98 Å².